The molecule has 0 aliphatic carbocycles. The zero-order chi connectivity index (χ0) is 13.1. The molecule has 2 nitrogen and oxygen atoms in total. The van der Waals surface area contributed by atoms with Crippen LogP contribution in [0.3, 0.4) is 0 Å². The van der Waals surface area contributed by atoms with Gasteiger partial charge in [-0.1, -0.05) is 15.9 Å². The number of hydrogen-bond acceptors (Lipinski definition) is 2. The first-order valence-corrected chi connectivity index (χ1v) is 6.67. The third-order valence-electron chi connectivity index (χ3n) is 3.20. The molecule has 1 aromatic carbocycles. The lowest BCUT2D eigenvalue weighted by molar-refractivity contribution is 0.413. The molecule has 0 aromatic heterocycles. The van der Waals surface area contributed by atoms with E-state index in [1.807, 2.05) is 0 Å². The SMILES string of the molecule is N#CCC1CCCN(c2c(F)cc(Br)cc2F)C1. The van der Waals surface area contributed by atoms with Crippen LogP contribution in [0.2, 0.25) is 0 Å². The Labute approximate surface area is 113 Å². The van der Waals surface area contributed by atoms with Gasteiger partial charge in [-0.05, 0) is 30.9 Å². The fraction of sp³-hybridized carbons (Fsp3) is 0.462. The van der Waals surface area contributed by atoms with Crippen LogP contribution in [0.5, 0.6) is 0 Å². The summed E-state index contributed by atoms with van der Waals surface area (Å²) in [4.78, 5) is 1.71. The first-order chi connectivity index (χ1) is 8.61. The van der Waals surface area contributed by atoms with Gasteiger partial charge >= 0.3 is 0 Å². The predicted molar refractivity (Wildman–Crippen MR) is 69.2 cm³/mol. The highest BCUT2D eigenvalue weighted by Crippen LogP contribution is 2.31. The summed E-state index contributed by atoms with van der Waals surface area (Å²) in [7, 11) is 0. The maximum Gasteiger partial charge on any atom is 0.150 e. The molecule has 96 valence electrons. The van der Waals surface area contributed by atoms with Gasteiger partial charge in [0.2, 0.25) is 0 Å². The van der Waals surface area contributed by atoms with Crippen molar-refractivity contribution in [3.8, 4) is 6.07 Å². The minimum atomic E-state index is -0.556. The van der Waals surface area contributed by atoms with Gasteiger partial charge in [0.1, 0.15) is 5.69 Å². The summed E-state index contributed by atoms with van der Waals surface area (Å²) in [6.07, 6.45) is 2.25. The van der Waals surface area contributed by atoms with Crippen molar-refractivity contribution < 1.29 is 8.78 Å². The second-order valence-corrected chi connectivity index (χ2v) is 5.45. The van der Waals surface area contributed by atoms with Crippen LogP contribution < -0.4 is 4.90 Å². The summed E-state index contributed by atoms with van der Waals surface area (Å²) >= 11 is 3.07. The number of nitriles is 1. The number of piperidine rings is 1. The highest BCUT2D eigenvalue weighted by Gasteiger charge is 2.24. The van der Waals surface area contributed by atoms with Crippen LogP contribution in [0.1, 0.15) is 19.3 Å². The first kappa shape index (κ1) is 13.3. The molecule has 1 aliphatic rings. The Morgan fingerprint density at radius 3 is 2.67 bits per heavy atom. The van der Waals surface area contributed by atoms with Gasteiger partial charge in [0.25, 0.3) is 0 Å². The average molecular weight is 315 g/mol. The highest BCUT2D eigenvalue weighted by atomic mass is 79.9. The normalized spacial score (nSPS) is 19.7. The van der Waals surface area contributed by atoms with Crippen LogP contribution in [0.15, 0.2) is 16.6 Å². The molecule has 1 atom stereocenters. The van der Waals surface area contributed by atoms with E-state index in [2.05, 4.69) is 22.0 Å². The third kappa shape index (κ3) is 2.81. The summed E-state index contributed by atoms with van der Waals surface area (Å²) in [5, 5.41) is 8.70. The van der Waals surface area contributed by atoms with E-state index in [0.29, 0.717) is 24.0 Å². The van der Waals surface area contributed by atoms with Crippen LogP contribution in [0.25, 0.3) is 0 Å². The zero-order valence-corrected chi connectivity index (χ0v) is 11.4. The van der Waals surface area contributed by atoms with Crippen molar-refractivity contribution in [2.75, 3.05) is 18.0 Å². The molecule has 1 fully saturated rings. The molecule has 1 aromatic rings. The molecule has 5 heteroatoms. The van der Waals surface area contributed by atoms with E-state index in [1.165, 1.54) is 12.1 Å². The molecular formula is C13H13BrF2N2. The number of halogens is 3. The lowest BCUT2D eigenvalue weighted by atomic mass is 9.95. The molecule has 0 radical (unpaired) electrons. The van der Waals surface area contributed by atoms with Crippen LogP contribution >= 0.6 is 15.9 Å². The lowest BCUT2D eigenvalue weighted by Crippen LogP contribution is -2.36. The van der Waals surface area contributed by atoms with Gasteiger partial charge in [-0.3, -0.25) is 0 Å². The van der Waals surface area contributed by atoms with Crippen LogP contribution in [0, 0.1) is 28.9 Å². The molecule has 0 saturated carbocycles. The Kier molecular flexibility index (Phi) is 4.18. The van der Waals surface area contributed by atoms with Crippen molar-refractivity contribution in [3.63, 3.8) is 0 Å². The summed E-state index contributed by atoms with van der Waals surface area (Å²) in [5.41, 5.74) is 0.0286. The molecule has 18 heavy (non-hydrogen) atoms. The van der Waals surface area contributed by atoms with Crippen molar-refractivity contribution in [2.24, 2.45) is 5.92 Å². The summed E-state index contributed by atoms with van der Waals surface area (Å²) in [5.74, 6) is -0.912. The molecule has 2 rings (SSSR count). The Morgan fingerprint density at radius 2 is 2.06 bits per heavy atom. The van der Waals surface area contributed by atoms with E-state index in [0.717, 1.165) is 12.8 Å². The number of benzene rings is 1. The molecule has 1 heterocycles. The van der Waals surface area contributed by atoms with Gasteiger partial charge < -0.3 is 4.90 Å². The molecule has 0 amide bonds. The molecule has 1 aliphatic heterocycles. The fourth-order valence-electron chi connectivity index (χ4n) is 2.40. The van der Waals surface area contributed by atoms with E-state index >= 15 is 0 Å². The lowest BCUT2D eigenvalue weighted by Gasteiger charge is -2.33. The number of anilines is 1. The van der Waals surface area contributed by atoms with Crippen LogP contribution in [-0.4, -0.2) is 13.1 Å². The van der Waals surface area contributed by atoms with E-state index < -0.39 is 11.6 Å². The summed E-state index contributed by atoms with van der Waals surface area (Å²) in [6, 6.07) is 4.67. The van der Waals surface area contributed by atoms with E-state index in [4.69, 9.17) is 5.26 Å². The molecular weight excluding hydrogens is 302 g/mol. The smallest absolute Gasteiger partial charge is 0.150 e. The maximum absolute atomic E-state index is 13.8. The second-order valence-electron chi connectivity index (χ2n) is 4.53. The zero-order valence-electron chi connectivity index (χ0n) is 9.80. The second kappa shape index (κ2) is 5.66. The van der Waals surface area contributed by atoms with Crippen molar-refractivity contribution in [1.82, 2.24) is 0 Å². The van der Waals surface area contributed by atoms with Gasteiger partial charge in [-0.2, -0.15) is 5.26 Å². The average Bonchev–Trinajstić information content (AvgIpc) is 2.28. The first-order valence-electron chi connectivity index (χ1n) is 5.88. The van der Waals surface area contributed by atoms with Crippen molar-refractivity contribution in [3.05, 3.63) is 28.2 Å². The van der Waals surface area contributed by atoms with Crippen molar-refractivity contribution in [2.45, 2.75) is 19.3 Å². The van der Waals surface area contributed by atoms with Gasteiger partial charge in [0.15, 0.2) is 11.6 Å². The monoisotopic (exact) mass is 314 g/mol. The number of hydrogen-bond donors (Lipinski definition) is 0. The van der Waals surface area contributed by atoms with Crippen molar-refractivity contribution >= 4 is 21.6 Å². The Hall–Kier alpha value is -1.15. The number of nitrogens with zero attached hydrogens (tertiary/aromatic N) is 2. The highest BCUT2D eigenvalue weighted by molar-refractivity contribution is 9.10. The number of rotatable bonds is 2. The summed E-state index contributed by atoms with van der Waals surface area (Å²) in [6.45, 7) is 1.18. The Bertz CT molecular complexity index is 461. The molecule has 0 spiro atoms. The standard InChI is InChI=1S/C13H13BrF2N2/c14-10-6-11(15)13(12(16)7-10)18-5-1-2-9(8-18)3-4-17/h6-7,9H,1-3,5,8H2. The molecule has 1 unspecified atom stereocenters. The van der Waals surface area contributed by atoms with Gasteiger partial charge in [0, 0.05) is 24.0 Å². The Morgan fingerprint density at radius 1 is 1.39 bits per heavy atom. The molecule has 0 N–H and O–H groups in total. The van der Waals surface area contributed by atoms with E-state index in [9.17, 15) is 8.78 Å². The van der Waals surface area contributed by atoms with E-state index in [-0.39, 0.29) is 11.6 Å². The van der Waals surface area contributed by atoms with Crippen LogP contribution in [-0.2, 0) is 0 Å². The summed E-state index contributed by atoms with van der Waals surface area (Å²) < 4.78 is 28.1. The maximum atomic E-state index is 13.8. The predicted octanol–water partition coefficient (Wildman–Crippen LogP) is 3.86. The minimum absolute atomic E-state index is 0.0286. The van der Waals surface area contributed by atoms with Gasteiger partial charge in [-0.25, -0.2) is 8.78 Å². The largest absolute Gasteiger partial charge is 0.366 e. The Balaban J connectivity index is 2.24. The van der Waals surface area contributed by atoms with Crippen molar-refractivity contribution in [1.29, 1.82) is 5.26 Å². The van der Waals surface area contributed by atoms with E-state index in [1.54, 1.807) is 4.90 Å². The molecule has 0 bridgehead atoms. The van der Waals surface area contributed by atoms with Crippen LogP contribution in [0.4, 0.5) is 14.5 Å². The van der Waals surface area contributed by atoms with Gasteiger partial charge in [0.05, 0.1) is 6.07 Å². The minimum Gasteiger partial charge on any atom is -0.366 e. The third-order valence-corrected chi connectivity index (χ3v) is 3.65. The quantitative estimate of drug-likeness (QED) is 0.829. The fourth-order valence-corrected chi connectivity index (χ4v) is 2.80. The van der Waals surface area contributed by atoms with Gasteiger partial charge in [-0.15, -0.1) is 0 Å². The topological polar surface area (TPSA) is 27.0 Å². The molecule has 1 saturated heterocycles.